The summed E-state index contributed by atoms with van der Waals surface area (Å²) in [5.41, 5.74) is 7.05. The van der Waals surface area contributed by atoms with Gasteiger partial charge in [-0.3, -0.25) is 9.35 Å². The Morgan fingerprint density at radius 1 is 1.37 bits per heavy atom. The highest BCUT2D eigenvalue weighted by molar-refractivity contribution is 7.86. The summed E-state index contributed by atoms with van der Waals surface area (Å²) in [5.74, 6) is -0.397. The number of carbonyl (C=O) groups excluding carboxylic acids is 1. The SMILES string of the molecule is Cc1cc(S(=O)(=O)O)c(N)c(C)c1NC(=O)C(C)C. The predicted molar refractivity (Wildman–Crippen MR) is 73.6 cm³/mol. The number of benzene rings is 1. The van der Waals surface area contributed by atoms with E-state index in [0.29, 0.717) is 16.8 Å². The third-order valence-electron chi connectivity index (χ3n) is 2.84. The van der Waals surface area contributed by atoms with Gasteiger partial charge in [-0.15, -0.1) is 0 Å². The molecular formula is C12H18N2O4S. The molecule has 4 N–H and O–H groups in total. The Morgan fingerprint density at radius 3 is 2.32 bits per heavy atom. The van der Waals surface area contributed by atoms with Gasteiger partial charge in [0.25, 0.3) is 10.1 Å². The van der Waals surface area contributed by atoms with Crippen molar-refractivity contribution in [2.24, 2.45) is 5.92 Å². The van der Waals surface area contributed by atoms with E-state index in [2.05, 4.69) is 5.32 Å². The van der Waals surface area contributed by atoms with Crippen molar-refractivity contribution in [1.29, 1.82) is 0 Å². The van der Waals surface area contributed by atoms with Crippen LogP contribution < -0.4 is 11.1 Å². The maximum atomic E-state index is 11.7. The molecule has 0 fully saturated rings. The standard InChI is InChI=1S/C12H18N2O4S/c1-6(2)12(15)14-11-7(3)5-9(19(16,17)18)10(13)8(11)4/h5-6H,13H2,1-4H3,(H,14,15)(H,16,17,18). The van der Waals surface area contributed by atoms with Crippen LogP contribution >= 0.6 is 0 Å². The zero-order chi connectivity index (χ0) is 15.0. The first-order valence-corrected chi connectivity index (χ1v) is 7.17. The van der Waals surface area contributed by atoms with Gasteiger partial charge in [0.15, 0.2) is 0 Å². The number of aryl methyl sites for hydroxylation is 1. The van der Waals surface area contributed by atoms with Gasteiger partial charge in [-0.2, -0.15) is 8.42 Å². The van der Waals surface area contributed by atoms with Crippen LogP contribution in [0.25, 0.3) is 0 Å². The molecule has 1 amide bonds. The zero-order valence-corrected chi connectivity index (χ0v) is 12.1. The van der Waals surface area contributed by atoms with Crippen LogP contribution in [0, 0.1) is 19.8 Å². The third-order valence-corrected chi connectivity index (χ3v) is 3.73. The molecule has 0 aliphatic carbocycles. The Labute approximate surface area is 112 Å². The lowest BCUT2D eigenvalue weighted by Gasteiger charge is -2.17. The lowest BCUT2D eigenvalue weighted by Crippen LogP contribution is -2.20. The Balaban J connectivity index is 3.39. The molecule has 0 saturated carbocycles. The van der Waals surface area contributed by atoms with Crippen molar-refractivity contribution in [2.45, 2.75) is 32.6 Å². The summed E-state index contributed by atoms with van der Waals surface area (Å²) >= 11 is 0. The van der Waals surface area contributed by atoms with Crippen LogP contribution in [0.4, 0.5) is 11.4 Å². The van der Waals surface area contributed by atoms with Gasteiger partial charge in [0.2, 0.25) is 5.91 Å². The maximum absolute atomic E-state index is 11.7. The molecule has 0 unspecified atom stereocenters. The average Bonchev–Trinajstić information content (AvgIpc) is 2.27. The quantitative estimate of drug-likeness (QED) is 0.579. The number of rotatable bonds is 3. The van der Waals surface area contributed by atoms with Gasteiger partial charge in [-0.1, -0.05) is 13.8 Å². The van der Waals surface area contributed by atoms with E-state index in [0.717, 1.165) is 0 Å². The molecule has 0 aromatic heterocycles. The predicted octanol–water partition coefficient (Wildman–Crippen LogP) is 1.73. The zero-order valence-electron chi connectivity index (χ0n) is 11.3. The van der Waals surface area contributed by atoms with Gasteiger partial charge < -0.3 is 11.1 Å². The second-order valence-electron chi connectivity index (χ2n) is 4.72. The Kier molecular flexibility index (Phi) is 4.21. The normalized spacial score (nSPS) is 11.7. The van der Waals surface area contributed by atoms with E-state index in [1.165, 1.54) is 6.07 Å². The lowest BCUT2D eigenvalue weighted by atomic mass is 10.1. The molecule has 1 aromatic carbocycles. The van der Waals surface area contributed by atoms with Crippen molar-refractivity contribution in [1.82, 2.24) is 0 Å². The fourth-order valence-corrected chi connectivity index (χ4v) is 2.39. The fourth-order valence-electron chi connectivity index (χ4n) is 1.64. The molecule has 0 bridgehead atoms. The molecule has 1 aromatic rings. The molecule has 1 rings (SSSR count). The van der Waals surface area contributed by atoms with Gasteiger partial charge in [-0.05, 0) is 31.0 Å². The molecule has 0 atom stereocenters. The molecule has 6 nitrogen and oxygen atoms in total. The number of nitrogens with one attached hydrogen (secondary N) is 1. The molecule has 106 valence electrons. The van der Waals surface area contributed by atoms with Crippen LogP contribution in [0.1, 0.15) is 25.0 Å². The third kappa shape index (κ3) is 3.24. The lowest BCUT2D eigenvalue weighted by molar-refractivity contribution is -0.118. The van der Waals surface area contributed by atoms with Gasteiger partial charge in [0.1, 0.15) is 4.90 Å². The number of carbonyl (C=O) groups is 1. The highest BCUT2D eigenvalue weighted by Gasteiger charge is 2.20. The van der Waals surface area contributed by atoms with Crippen molar-refractivity contribution >= 4 is 27.4 Å². The Morgan fingerprint density at radius 2 is 1.89 bits per heavy atom. The minimum absolute atomic E-state index is 0.0628. The van der Waals surface area contributed by atoms with E-state index in [4.69, 9.17) is 10.3 Å². The van der Waals surface area contributed by atoms with Crippen molar-refractivity contribution < 1.29 is 17.8 Å². The number of nitrogens with two attached hydrogens (primary N) is 1. The van der Waals surface area contributed by atoms with Crippen LogP contribution in [0.3, 0.4) is 0 Å². The van der Waals surface area contributed by atoms with Gasteiger partial charge in [-0.25, -0.2) is 0 Å². The van der Waals surface area contributed by atoms with E-state index in [1.54, 1.807) is 27.7 Å². The van der Waals surface area contributed by atoms with Crippen molar-refractivity contribution in [3.05, 3.63) is 17.2 Å². The summed E-state index contributed by atoms with van der Waals surface area (Å²) in [4.78, 5) is 11.3. The second kappa shape index (κ2) is 5.18. The minimum Gasteiger partial charge on any atom is -0.397 e. The smallest absolute Gasteiger partial charge is 0.296 e. The largest absolute Gasteiger partial charge is 0.397 e. The summed E-state index contributed by atoms with van der Waals surface area (Å²) in [5, 5.41) is 2.70. The number of amides is 1. The monoisotopic (exact) mass is 286 g/mol. The van der Waals surface area contributed by atoms with Gasteiger partial charge >= 0.3 is 0 Å². The summed E-state index contributed by atoms with van der Waals surface area (Å²) in [7, 11) is -4.38. The second-order valence-corrected chi connectivity index (χ2v) is 6.11. The highest BCUT2D eigenvalue weighted by atomic mass is 32.2. The van der Waals surface area contributed by atoms with Crippen LogP contribution in [-0.2, 0) is 14.9 Å². The first kappa shape index (κ1) is 15.5. The summed E-state index contributed by atoms with van der Waals surface area (Å²) in [6, 6.07) is 1.24. The van der Waals surface area contributed by atoms with Crippen molar-refractivity contribution in [3.8, 4) is 0 Å². The van der Waals surface area contributed by atoms with E-state index in [9.17, 15) is 13.2 Å². The molecule has 0 spiro atoms. The molecule has 19 heavy (non-hydrogen) atoms. The van der Waals surface area contributed by atoms with E-state index in [-0.39, 0.29) is 22.4 Å². The fraction of sp³-hybridized carbons (Fsp3) is 0.417. The number of anilines is 2. The van der Waals surface area contributed by atoms with Gasteiger partial charge in [0, 0.05) is 11.6 Å². The molecule has 0 aliphatic rings. The first-order chi connectivity index (χ1) is 8.55. The molecule has 0 saturated heterocycles. The summed E-state index contributed by atoms with van der Waals surface area (Å²) < 4.78 is 31.5. The summed E-state index contributed by atoms with van der Waals surface area (Å²) in [6.45, 7) is 6.72. The van der Waals surface area contributed by atoms with Crippen LogP contribution in [0.2, 0.25) is 0 Å². The minimum atomic E-state index is -4.38. The summed E-state index contributed by atoms with van der Waals surface area (Å²) in [6.07, 6.45) is 0. The maximum Gasteiger partial charge on any atom is 0.296 e. The highest BCUT2D eigenvalue weighted by Crippen LogP contribution is 2.31. The van der Waals surface area contributed by atoms with Gasteiger partial charge in [0.05, 0.1) is 5.69 Å². The number of hydrogen-bond donors (Lipinski definition) is 3. The topological polar surface area (TPSA) is 109 Å². The van der Waals surface area contributed by atoms with Crippen LogP contribution in [0.5, 0.6) is 0 Å². The molecule has 0 heterocycles. The number of hydrogen-bond acceptors (Lipinski definition) is 4. The van der Waals surface area contributed by atoms with E-state index >= 15 is 0 Å². The molecule has 0 radical (unpaired) electrons. The average molecular weight is 286 g/mol. The van der Waals surface area contributed by atoms with E-state index in [1.807, 2.05) is 0 Å². The first-order valence-electron chi connectivity index (χ1n) is 5.73. The Bertz CT molecular complexity index is 621. The van der Waals surface area contributed by atoms with Crippen LogP contribution in [-0.4, -0.2) is 18.9 Å². The molecule has 7 heteroatoms. The van der Waals surface area contributed by atoms with Crippen molar-refractivity contribution in [2.75, 3.05) is 11.1 Å². The molecular weight excluding hydrogens is 268 g/mol. The van der Waals surface area contributed by atoms with E-state index < -0.39 is 10.1 Å². The Hall–Kier alpha value is -1.60. The number of nitrogen functional groups attached to an aromatic ring is 1. The van der Waals surface area contributed by atoms with Crippen LogP contribution in [0.15, 0.2) is 11.0 Å². The van der Waals surface area contributed by atoms with Crippen molar-refractivity contribution in [3.63, 3.8) is 0 Å². The molecule has 0 aliphatic heterocycles.